The van der Waals surface area contributed by atoms with Crippen molar-refractivity contribution < 1.29 is 0 Å². The SMILES string of the molecule is CCCN(CCC)c1nc(C)cc(N(C)c2ccccc2)n1. The van der Waals surface area contributed by atoms with Crippen molar-refractivity contribution in [1.29, 1.82) is 0 Å². The van der Waals surface area contributed by atoms with Gasteiger partial charge in [-0.05, 0) is 31.9 Å². The van der Waals surface area contributed by atoms with Crippen LogP contribution in [0.1, 0.15) is 32.4 Å². The number of para-hydroxylation sites is 1. The Kier molecular flexibility index (Phi) is 5.75. The molecule has 0 N–H and O–H groups in total. The van der Waals surface area contributed by atoms with Crippen LogP contribution in [0.5, 0.6) is 0 Å². The van der Waals surface area contributed by atoms with Crippen LogP contribution in [0.2, 0.25) is 0 Å². The number of benzene rings is 1. The fourth-order valence-corrected chi connectivity index (χ4v) is 2.49. The molecule has 2 rings (SSSR count). The van der Waals surface area contributed by atoms with Crippen molar-refractivity contribution in [3.63, 3.8) is 0 Å². The van der Waals surface area contributed by atoms with Crippen LogP contribution in [-0.4, -0.2) is 30.1 Å². The van der Waals surface area contributed by atoms with E-state index in [0.29, 0.717) is 0 Å². The number of rotatable bonds is 7. The second-order valence-electron chi connectivity index (χ2n) is 5.55. The van der Waals surface area contributed by atoms with Gasteiger partial charge in [-0.15, -0.1) is 0 Å². The lowest BCUT2D eigenvalue weighted by atomic mass is 10.3. The maximum Gasteiger partial charge on any atom is 0.227 e. The van der Waals surface area contributed by atoms with Crippen LogP contribution in [-0.2, 0) is 0 Å². The zero-order valence-corrected chi connectivity index (χ0v) is 14.1. The van der Waals surface area contributed by atoms with Gasteiger partial charge in [-0.1, -0.05) is 32.0 Å². The molecule has 2 aromatic rings. The lowest BCUT2D eigenvalue weighted by Crippen LogP contribution is -2.27. The van der Waals surface area contributed by atoms with Gasteiger partial charge < -0.3 is 9.80 Å². The summed E-state index contributed by atoms with van der Waals surface area (Å²) in [5, 5.41) is 0. The Morgan fingerprint density at radius 2 is 1.59 bits per heavy atom. The van der Waals surface area contributed by atoms with E-state index in [9.17, 15) is 0 Å². The molecule has 0 aliphatic rings. The predicted molar refractivity (Wildman–Crippen MR) is 94.1 cm³/mol. The molecule has 0 fully saturated rings. The lowest BCUT2D eigenvalue weighted by molar-refractivity contribution is 0.719. The van der Waals surface area contributed by atoms with Gasteiger partial charge >= 0.3 is 0 Å². The van der Waals surface area contributed by atoms with Gasteiger partial charge in [-0.25, -0.2) is 4.98 Å². The van der Waals surface area contributed by atoms with E-state index in [1.807, 2.05) is 38.2 Å². The molecule has 1 aromatic heterocycles. The van der Waals surface area contributed by atoms with E-state index < -0.39 is 0 Å². The zero-order chi connectivity index (χ0) is 15.9. The minimum Gasteiger partial charge on any atom is -0.341 e. The second kappa shape index (κ2) is 7.78. The first-order valence-electron chi connectivity index (χ1n) is 8.05. The third-order valence-corrected chi connectivity index (χ3v) is 3.59. The minimum absolute atomic E-state index is 0.835. The molecule has 0 saturated heterocycles. The summed E-state index contributed by atoms with van der Waals surface area (Å²) >= 11 is 0. The minimum atomic E-state index is 0.835. The third-order valence-electron chi connectivity index (χ3n) is 3.59. The van der Waals surface area contributed by atoms with Crippen molar-refractivity contribution in [3.8, 4) is 0 Å². The molecule has 0 radical (unpaired) electrons. The number of nitrogens with zero attached hydrogens (tertiary/aromatic N) is 4. The predicted octanol–water partition coefficient (Wildman–Crippen LogP) is 4.18. The first-order chi connectivity index (χ1) is 10.7. The van der Waals surface area contributed by atoms with Crippen LogP contribution < -0.4 is 9.80 Å². The molecule has 1 aromatic carbocycles. The van der Waals surface area contributed by atoms with Gasteiger partial charge in [0.2, 0.25) is 5.95 Å². The molecule has 0 spiro atoms. The van der Waals surface area contributed by atoms with Crippen molar-refractivity contribution in [2.45, 2.75) is 33.6 Å². The van der Waals surface area contributed by atoms with E-state index in [4.69, 9.17) is 4.98 Å². The summed E-state index contributed by atoms with van der Waals surface area (Å²) in [6.07, 6.45) is 2.20. The highest BCUT2D eigenvalue weighted by molar-refractivity contribution is 5.60. The Hall–Kier alpha value is -2.10. The Labute approximate surface area is 133 Å². The largest absolute Gasteiger partial charge is 0.341 e. The van der Waals surface area contributed by atoms with Crippen molar-refractivity contribution in [1.82, 2.24) is 9.97 Å². The molecule has 4 nitrogen and oxygen atoms in total. The van der Waals surface area contributed by atoms with Gasteiger partial charge in [0.25, 0.3) is 0 Å². The van der Waals surface area contributed by atoms with Crippen LogP contribution in [0.15, 0.2) is 36.4 Å². The zero-order valence-electron chi connectivity index (χ0n) is 14.1. The molecule has 4 heteroatoms. The van der Waals surface area contributed by atoms with E-state index in [2.05, 4.69) is 40.8 Å². The summed E-state index contributed by atoms with van der Waals surface area (Å²) in [5.41, 5.74) is 2.13. The molecule has 0 amide bonds. The first-order valence-corrected chi connectivity index (χ1v) is 8.05. The normalized spacial score (nSPS) is 10.5. The second-order valence-corrected chi connectivity index (χ2v) is 5.55. The molecule has 0 atom stereocenters. The van der Waals surface area contributed by atoms with E-state index >= 15 is 0 Å². The molecule has 0 bridgehead atoms. The average Bonchev–Trinajstić information content (AvgIpc) is 2.54. The summed E-state index contributed by atoms with van der Waals surface area (Å²) in [5.74, 6) is 1.77. The molecule has 0 aliphatic carbocycles. The van der Waals surface area contributed by atoms with Crippen molar-refractivity contribution >= 4 is 17.5 Å². The van der Waals surface area contributed by atoms with Crippen molar-refractivity contribution in [2.24, 2.45) is 0 Å². The molecular weight excluding hydrogens is 272 g/mol. The molecule has 118 valence electrons. The Bertz CT molecular complexity index is 577. The summed E-state index contributed by atoms with van der Waals surface area (Å²) in [6, 6.07) is 12.3. The molecular formula is C18H26N4. The van der Waals surface area contributed by atoms with Crippen molar-refractivity contribution in [3.05, 3.63) is 42.1 Å². The monoisotopic (exact) mass is 298 g/mol. The third kappa shape index (κ3) is 3.97. The Balaban J connectivity index is 2.33. The molecule has 1 heterocycles. The highest BCUT2D eigenvalue weighted by Gasteiger charge is 2.13. The van der Waals surface area contributed by atoms with E-state index in [1.54, 1.807) is 0 Å². The van der Waals surface area contributed by atoms with E-state index in [1.165, 1.54) is 0 Å². The van der Waals surface area contributed by atoms with Crippen LogP contribution in [0.4, 0.5) is 17.5 Å². The molecule has 0 aliphatic heterocycles. The highest BCUT2D eigenvalue weighted by atomic mass is 15.3. The maximum atomic E-state index is 4.79. The van der Waals surface area contributed by atoms with Gasteiger partial charge in [0.15, 0.2) is 0 Å². The fraction of sp³-hybridized carbons (Fsp3) is 0.444. The Morgan fingerprint density at radius 3 is 2.18 bits per heavy atom. The molecule has 0 unspecified atom stereocenters. The van der Waals surface area contributed by atoms with Crippen LogP contribution >= 0.6 is 0 Å². The van der Waals surface area contributed by atoms with Gasteiger partial charge in [-0.2, -0.15) is 4.98 Å². The number of aromatic nitrogens is 2. The number of aryl methyl sites for hydroxylation is 1. The number of hydrogen-bond donors (Lipinski definition) is 0. The standard InChI is InChI=1S/C18H26N4/c1-5-12-22(13-6-2)18-19-15(3)14-17(20-18)21(4)16-10-8-7-9-11-16/h7-11,14H,5-6,12-13H2,1-4H3. The van der Waals surface area contributed by atoms with Gasteiger partial charge in [0.05, 0.1) is 0 Å². The molecule has 0 saturated carbocycles. The lowest BCUT2D eigenvalue weighted by Gasteiger charge is -2.24. The molecule has 22 heavy (non-hydrogen) atoms. The highest BCUT2D eigenvalue weighted by Crippen LogP contribution is 2.24. The Morgan fingerprint density at radius 1 is 0.955 bits per heavy atom. The van der Waals surface area contributed by atoms with Gasteiger partial charge in [0.1, 0.15) is 5.82 Å². The van der Waals surface area contributed by atoms with Gasteiger partial charge in [0, 0.05) is 37.6 Å². The summed E-state index contributed by atoms with van der Waals surface area (Å²) in [7, 11) is 2.05. The van der Waals surface area contributed by atoms with E-state index in [0.717, 1.165) is 49.1 Å². The van der Waals surface area contributed by atoms with Crippen LogP contribution in [0.25, 0.3) is 0 Å². The first kappa shape index (κ1) is 16.3. The van der Waals surface area contributed by atoms with E-state index in [-0.39, 0.29) is 0 Å². The maximum absolute atomic E-state index is 4.79. The average molecular weight is 298 g/mol. The van der Waals surface area contributed by atoms with Crippen LogP contribution in [0.3, 0.4) is 0 Å². The van der Waals surface area contributed by atoms with Gasteiger partial charge in [-0.3, -0.25) is 0 Å². The summed E-state index contributed by atoms with van der Waals surface area (Å²) in [4.78, 5) is 13.8. The topological polar surface area (TPSA) is 32.3 Å². The number of anilines is 3. The fourth-order valence-electron chi connectivity index (χ4n) is 2.49. The quantitative estimate of drug-likeness (QED) is 0.767. The smallest absolute Gasteiger partial charge is 0.227 e. The van der Waals surface area contributed by atoms with Crippen molar-refractivity contribution in [2.75, 3.05) is 29.9 Å². The number of hydrogen-bond acceptors (Lipinski definition) is 4. The van der Waals surface area contributed by atoms with Crippen LogP contribution in [0, 0.1) is 6.92 Å². The summed E-state index contributed by atoms with van der Waals surface area (Å²) < 4.78 is 0. The summed E-state index contributed by atoms with van der Waals surface area (Å²) in [6.45, 7) is 8.39.